The molecule has 0 atom stereocenters. The van der Waals surface area contributed by atoms with Crippen molar-refractivity contribution >= 4 is 17.9 Å². The van der Waals surface area contributed by atoms with E-state index < -0.39 is 13.3 Å². The Morgan fingerprint density at radius 3 is 2.00 bits per heavy atom. The molecule has 0 aromatic heterocycles. The van der Waals surface area contributed by atoms with Crippen LogP contribution in [0, 0.1) is 0 Å². The number of rotatable bonds is 2. The van der Waals surface area contributed by atoms with Crippen molar-refractivity contribution in [1.82, 2.24) is 0 Å². The quantitative estimate of drug-likeness (QED) is 0.704. The van der Waals surface area contributed by atoms with Crippen LogP contribution in [0.3, 0.4) is 0 Å². The predicted octanol–water partition coefficient (Wildman–Crippen LogP) is 2.75. The summed E-state index contributed by atoms with van der Waals surface area (Å²) in [4.78, 5) is 11.7. The summed E-state index contributed by atoms with van der Waals surface area (Å²) >= 11 is -2.12. The number of hydrogen-bond donors (Lipinski definition) is 0. The second-order valence-corrected chi connectivity index (χ2v) is 14.3. The monoisotopic (exact) mass is 224 g/mol. The Balaban J connectivity index is 2.94. The second-order valence-electron chi connectivity index (χ2n) is 3.95. The van der Waals surface area contributed by atoms with Crippen LogP contribution in [-0.2, 0) is 0 Å². The van der Waals surface area contributed by atoms with E-state index in [1.165, 1.54) is 0 Å². The van der Waals surface area contributed by atoms with Crippen LogP contribution in [0.1, 0.15) is 10.4 Å². The molecule has 0 saturated carbocycles. The number of carbonyl (C=O) groups is 1. The molecule has 1 rings (SSSR count). The summed E-state index contributed by atoms with van der Waals surface area (Å²) in [5, 5.41) is 0. The second kappa shape index (κ2) is 3.44. The molecule has 0 aliphatic carbocycles. The van der Waals surface area contributed by atoms with Crippen molar-refractivity contribution in [1.29, 1.82) is 0 Å². The molecule has 64 valence electrons. The van der Waals surface area contributed by atoms with Gasteiger partial charge in [0.15, 0.2) is 0 Å². The van der Waals surface area contributed by atoms with E-state index in [-0.39, 0.29) is 0 Å². The zero-order valence-corrected chi connectivity index (χ0v) is 9.89. The van der Waals surface area contributed by atoms with Gasteiger partial charge in [-0.05, 0) is 0 Å². The molecule has 0 radical (unpaired) electrons. The molecular weight excluding hydrogens is 209 g/mol. The Morgan fingerprint density at radius 2 is 1.58 bits per heavy atom. The van der Waals surface area contributed by atoms with Crippen LogP contribution in [0.5, 0.6) is 0 Å². The zero-order valence-electron chi connectivity index (χ0n) is 7.79. The summed E-state index contributed by atoms with van der Waals surface area (Å²) in [5.74, 6) is 6.36. The van der Waals surface area contributed by atoms with Crippen LogP contribution in [0.15, 0.2) is 30.3 Å². The van der Waals surface area contributed by atoms with Crippen LogP contribution in [0.2, 0.25) is 17.3 Å². The molecule has 12 heavy (non-hydrogen) atoms. The minimum atomic E-state index is -2.12. The molecular formula is C10H14GeO. The molecule has 1 nitrogen and oxygen atoms in total. The van der Waals surface area contributed by atoms with Gasteiger partial charge in [-0.15, -0.1) is 0 Å². The van der Waals surface area contributed by atoms with Crippen LogP contribution >= 0.6 is 0 Å². The first-order chi connectivity index (χ1) is 5.52. The third-order valence-electron chi connectivity index (χ3n) is 1.72. The van der Waals surface area contributed by atoms with Crippen molar-refractivity contribution in [3.63, 3.8) is 0 Å². The standard InChI is InChI=1S/C10H14GeO/c1-11(2,3)10(12)9-7-5-4-6-8-9/h4-8H,1-3H3. The van der Waals surface area contributed by atoms with Gasteiger partial charge in [0.05, 0.1) is 0 Å². The summed E-state index contributed by atoms with van der Waals surface area (Å²) in [7, 11) is 0. The first-order valence-corrected chi connectivity index (χ1v) is 11.5. The van der Waals surface area contributed by atoms with Crippen LogP contribution in [0.25, 0.3) is 0 Å². The maximum absolute atomic E-state index is 11.7. The Bertz CT molecular complexity index is 272. The third-order valence-corrected chi connectivity index (χ3v) is 5.18. The van der Waals surface area contributed by atoms with Gasteiger partial charge in [-0.2, -0.15) is 0 Å². The fourth-order valence-corrected chi connectivity index (χ4v) is 3.19. The van der Waals surface area contributed by atoms with E-state index in [2.05, 4.69) is 17.3 Å². The Morgan fingerprint density at radius 1 is 1.08 bits per heavy atom. The van der Waals surface area contributed by atoms with Crippen molar-refractivity contribution in [2.45, 2.75) is 17.3 Å². The molecule has 0 heterocycles. The van der Waals surface area contributed by atoms with E-state index in [4.69, 9.17) is 0 Å². The molecule has 1 aromatic carbocycles. The van der Waals surface area contributed by atoms with Gasteiger partial charge in [-0.1, -0.05) is 0 Å². The molecule has 0 aliphatic rings. The van der Waals surface area contributed by atoms with Crippen molar-refractivity contribution in [3.8, 4) is 0 Å². The maximum atomic E-state index is 11.7. The van der Waals surface area contributed by atoms with Crippen LogP contribution < -0.4 is 0 Å². The third kappa shape index (κ3) is 2.21. The molecule has 0 aliphatic heterocycles. The summed E-state index contributed by atoms with van der Waals surface area (Å²) in [6.45, 7) is 0. The minimum absolute atomic E-state index is 0.385. The SMILES string of the molecule is [CH3][Ge]([CH3])([CH3])[C](=O)c1ccccc1. The van der Waals surface area contributed by atoms with E-state index in [0.29, 0.717) is 4.62 Å². The van der Waals surface area contributed by atoms with Gasteiger partial charge in [-0.3, -0.25) is 0 Å². The zero-order chi connectivity index (χ0) is 9.19. The normalized spacial score (nSPS) is 11.2. The van der Waals surface area contributed by atoms with Gasteiger partial charge in [0.25, 0.3) is 0 Å². The molecule has 0 unspecified atom stereocenters. The predicted molar refractivity (Wildman–Crippen MR) is 54.1 cm³/mol. The van der Waals surface area contributed by atoms with Crippen molar-refractivity contribution in [2.24, 2.45) is 0 Å². The van der Waals surface area contributed by atoms with Gasteiger partial charge in [-0.25, -0.2) is 0 Å². The van der Waals surface area contributed by atoms with Crippen LogP contribution in [-0.4, -0.2) is 17.9 Å². The molecule has 0 amide bonds. The number of carbonyl (C=O) groups excluding carboxylic acids is 1. The molecule has 0 fully saturated rings. The van der Waals surface area contributed by atoms with Crippen molar-refractivity contribution in [3.05, 3.63) is 35.9 Å². The first kappa shape index (κ1) is 9.52. The van der Waals surface area contributed by atoms with Gasteiger partial charge in [0.2, 0.25) is 0 Å². The number of benzene rings is 1. The average Bonchev–Trinajstić information content (AvgIpc) is 2.03. The first-order valence-electron chi connectivity index (χ1n) is 4.11. The van der Waals surface area contributed by atoms with Gasteiger partial charge >= 0.3 is 75.8 Å². The number of hydrogen-bond acceptors (Lipinski definition) is 1. The summed E-state index contributed by atoms with van der Waals surface area (Å²) < 4.78 is 0.385. The molecule has 0 bridgehead atoms. The molecule has 2 heteroatoms. The Hall–Kier alpha value is -0.567. The van der Waals surface area contributed by atoms with E-state index in [1.807, 2.05) is 30.3 Å². The molecule has 0 spiro atoms. The van der Waals surface area contributed by atoms with E-state index in [0.717, 1.165) is 5.56 Å². The fourth-order valence-electron chi connectivity index (χ4n) is 1.02. The average molecular weight is 223 g/mol. The van der Waals surface area contributed by atoms with E-state index >= 15 is 0 Å². The fraction of sp³-hybridized carbons (Fsp3) is 0.300. The summed E-state index contributed by atoms with van der Waals surface area (Å²) in [6, 6.07) is 9.58. The van der Waals surface area contributed by atoms with E-state index in [1.54, 1.807) is 0 Å². The molecule has 1 aromatic rings. The Kier molecular flexibility index (Phi) is 2.73. The van der Waals surface area contributed by atoms with Gasteiger partial charge in [0.1, 0.15) is 0 Å². The molecule has 0 N–H and O–H groups in total. The van der Waals surface area contributed by atoms with Gasteiger partial charge < -0.3 is 0 Å². The van der Waals surface area contributed by atoms with Crippen molar-refractivity contribution in [2.75, 3.05) is 0 Å². The van der Waals surface area contributed by atoms with Crippen LogP contribution in [0.4, 0.5) is 0 Å². The Labute approximate surface area is 76.2 Å². The van der Waals surface area contributed by atoms with E-state index in [9.17, 15) is 4.79 Å². The summed E-state index contributed by atoms with van der Waals surface area (Å²) in [6.07, 6.45) is 0. The molecule has 0 saturated heterocycles. The summed E-state index contributed by atoms with van der Waals surface area (Å²) in [5.41, 5.74) is 0.880. The van der Waals surface area contributed by atoms with Crippen molar-refractivity contribution < 1.29 is 4.79 Å². The van der Waals surface area contributed by atoms with Gasteiger partial charge in [0, 0.05) is 0 Å². The topological polar surface area (TPSA) is 17.1 Å².